The molecule has 9 heteroatoms. The van der Waals surface area contributed by atoms with Crippen LogP contribution in [-0.2, 0) is 14.3 Å². The number of pyridine rings is 1. The predicted molar refractivity (Wildman–Crippen MR) is 124 cm³/mol. The van der Waals surface area contributed by atoms with Crippen LogP contribution in [0.2, 0.25) is 0 Å². The van der Waals surface area contributed by atoms with E-state index in [0.717, 1.165) is 49.7 Å². The molecule has 3 fully saturated rings. The van der Waals surface area contributed by atoms with E-state index in [1.807, 2.05) is 29.2 Å². The molecule has 1 aromatic carbocycles. The van der Waals surface area contributed by atoms with Crippen molar-refractivity contribution < 1.29 is 29.3 Å². The fraction of sp³-hybridized carbons (Fsp3) is 0.520. The van der Waals surface area contributed by atoms with Gasteiger partial charge in [0.25, 0.3) is 12.4 Å². The molecular formula is C25H31N3O6. The molecule has 3 aliphatic rings. The number of aliphatic hydroxyl groups excluding tert-OH is 1. The summed E-state index contributed by atoms with van der Waals surface area (Å²) in [7, 11) is 0. The van der Waals surface area contributed by atoms with Crippen LogP contribution >= 0.6 is 0 Å². The van der Waals surface area contributed by atoms with Gasteiger partial charge in [0.15, 0.2) is 0 Å². The largest absolute Gasteiger partial charge is 0.483 e. The quantitative estimate of drug-likeness (QED) is 0.517. The van der Waals surface area contributed by atoms with Gasteiger partial charge < -0.3 is 19.8 Å². The standard InChI is InChI=1S/C24H29N3O4.CH2O2/c28-18-5-9-26(10-6-18)16-19-13-24(23(30)31-19)7-11-27(12-8-24)22(29)21-15-25-14-17-3-1-2-4-20(17)21;2-1-3/h1-4,14-15,18-19,28H,5-13,16H2;1H,(H,2,3). The van der Waals surface area contributed by atoms with Crippen LogP contribution in [0.1, 0.15) is 42.5 Å². The first-order valence-corrected chi connectivity index (χ1v) is 11.8. The summed E-state index contributed by atoms with van der Waals surface area (Å²) < 4.78 is 5.77. The number of nitrogens with zero attached hydrogens (tertiary/aromatic N) is 3. The summed E-state index contributed by atoms with van der Waals surface area (Å²) in [5.41, 5.74) is 0.154. The van der Waals surface area contributed by atoms with Gasteiger partial charge in [0.1, 0.15) is 6.10 Å². The van der Waals surface area contributed by atoms with Crippen LogP contribution in [0, 0.1) is 5.41 Å². The molecule has 4 heterocycles. The number of benzene rings is 1. The van der Waals surface area contributed by atoms with Crippen LogP contribution in [0.25, 0.3) is 10.8 Å². The number of carboxylic acid groups (broad SMARTS) is 1. The molecule has 1 amide bonds. The van der Waals surface area contributed by atoms with Crippen LogP contribution in [0.3, 0.4) is 0 Å². The Balaban J connectivity index is 0.000000868. The highest BCUT2D eigenvalue weighted by Gasteiger charge is 2.51. The number of hydrogen-bond acceptors (Lipinski definition) is 7. The fourth-order valence-electron chi connectivity index (χ4n) is 5.33. The minimum absolute atomic E-state index is 0.0195. The molecule has 1 atom stereocenters. The molecule has 0 radical (unpaired) electrons. The van der Waals surface area contributed by atoms with E-state index >= 15 is 0 Å². The highest BCUT2D eigenvalue weighted by molar-refractivity contribution is 6.06. The van der Waals surface area contributed by atoms with Gasteiger partial charge in [0, 0.05) is 56.9 Å². The second-order valence-corrected chi connectivity index (χ2v) is 9.35. The lowest BCUT2D eigenvalue weighted by molar-refractivity contribution is -0.151. The van der Waals surface area contributed by atoms with Crippen molar-refractivity contribution in [3.8, 4) is 0 Å². The number of hydrogen-bond donors (Lipinski definition) is 2. The number of likely N-dealkylation sites (tertiary alicyclic amines) is 2. The summed E-state index contributed by atoms with van der Waals surface area (Å²) in [5, 5.41) is 18.4. The molecule has 182 valence electrons. The number of carbonyl (C=O) groups is 3. The molecule has 0 saturated carbocycles. The lowest BCUT2D eigenvalue weighted by Crippen LogP contribution is -2.45. The number of esters is 1. The number of carbonyl (C=O) groups excluding carboxylic acids is 2. The second kappa shape index (κ2) is 10.5. The number of rotatable bonds is 3. The molecule has 1 aromatic heterocycles. The van der Waals surface area contributed by atoms with Gasteiger partial charge in [0.2, 0.25) is 0 Å². The number of aromatic nitrogens is 1. The Morgan fingerprint density at radius 3 is 2.53 bits per heavy atom. The van der Waals surface area contributed by atoms with Gasteiger partial charge >= 0.3 is 5.97 Å². The number of amides is 1. The average molecular weight is 470 g/mol. The van der Waals surface area contributed by atoms with Crippen LogP contribution < -0.4 is 0 Å². The van der Waals surface area contributed by atoms with Crippen molar-refractivity contribution in [2.24, 2.45) is 5.41 Å². The Kier molecular flexibility index (Phi) is 7.43. The summed E-state index contributed by atoms with van der Waals surface area (Å²) >= 11 is 0. The SMILES string of the molecule is O=C(c1cncc2ccccc12)N1CCC2(CC1)CC(CN1CCC(O)CC1)OC2=O.O=CO. The number of cyclic esters (lactones) is 1. The maximum Gasteiger partial charge on any atom is 0.312 e. The van der Waals surface area contributed by atoms with E-state index in [-0.39, 0.29) is 30.6 Å². The van der Waals surface area contributed by atoms with Crippen molar-refractivity contribution in [3.63, 3.8) is 0 Å². The lowest BCUT2D eigenvalue weighted by Gasteiger charge is -2.37. The zero-order valence-corrected chi connectivity index (χ0v) is 19.1. The first-order valence-electron chi connectivity index (χ1n) is 11.8. The second-order valence-electron chi connectivity index (χ2n) is 9.35. The minimum atomic E-state index is -0.465. The molecule has 9 nitrogen and oxygen atoms in total. The Morgan fingerprint density at radius 1 is 1.15 bits per heavy atom. The van der Waals surface area contributed by atoms with Gasteiger partial charge in [-0.1, -0.05) is 24.3 Å². The fourth-order valence-corrected chi connectivity index (χ4v) is 5.33. The maximum atomic E-state index is 13.2. The third kappa shape index (κ3) is 5.05. The zero-order valence-electron chi connectivity index (χ0n) is 19.1. The summed E-state index contributed by atoms with van der Waals surface area (Å²) in [6.07, 6.45) is 6.70. The molecule has 34 heavy (non-hydrogen) atoms. The van der Waals surface area contributed by atoms with Crippen LogP contribution in [-0.4, -0.2) is 88.3 Å². The van der Waals surface area contributed by atoms with Gasteiger partial charge in [0.05, 0.1) is 17.1 Å². The topological polar surface area (TPSA) is 120 Å². The van der Waals surface area contributed by atoms with Crippen molar-refractivity contribution in [1.82, 2.24) is 14.8 Å². The highest BCUT2D eigenvalue weighted by Crippen LogP contribution is 2.43. The van der Waals surface area contributed by atoms with Gasteiger partial charge in [-0.3, -0.25) is 24.3 Å². The smallest absolute Gasteiger partial charge is 0.312 e. The van der Waals surface area contributed by atoms with E-state index in [1.165, 1.54) is 0 Å². The van der Waals surface area contributed by atoms with Crippen molar-refractivity contribution in [1.29, 1.82) is 0 Å². The van der Waals surface area contributed by atoms with Crippen molar-refractivity contribution in [2.75, 3.05) is 32.7 Å². The van der Waals surface area contributed by atoms with Crippen LogP contribution in [0.15, 0.2) is 36.7 Å². The lowest BCUT2D eigenvalue weighted by atomic mass is 9.76. The molecule has 2 N–H and O–H groups in total. The first-order chi connectivity index (χ1) is 16.5. The number of piperidine rings is 2. The molecule has 1 spiro atoms. The van der Waals surface area contributed by atoms with E-state index < -0.39 is 5.41 Å². The minimum Gasteiger partial charge on any atom is -0.483 e. The molecule has 1 unspecified atom stereocenters. The van der Waals surface area contributed by atoms with Crippen LogP contribution in [0.4, 0.5) is 0 Å². The normalized spacial score (nSPS) is 22.8. The highest BCUT2D eigenvalue weighted by atomic mass is 16.6. The number of aliphatic hydroxyl groups is 1. The predicted octanol–water partition coefficient (Wildman–Crippen LogP) is 1.93. The Hall–Kier alpha value is -3.04. The third-order valence-corrected chi connectivity index (χ3v) is 7.25. The molecule has 5 rings (SSSR count). The Morgan fingerprint density at radius 2 is 1.82 bits per heavy atom. The molecule has 3 saturated heterocycles. The molecule has 0 bridgehead atoms. The third-order valence-electron chi connectivity index (χ3n) is 7.25. The number of fused-ring (bicyclic) bond motifs is 1. The van der Waals surface area contributed by atoms with E-state index in [1.54, 1.807) is 12.4 Å². The van der Waals surface area contributed by atoms with Crippen molar-refractivity contribution in [2.45, 2.75) is 44.3 Å². The van der Waals surface area contributed by atoms with Crippen LogP contribution in [0.5, 0.6) is 0 Å². The maximum absolute atomic E-state index is 13.2. The summed E-state index contributed by atoms with van der Waals surface area (Å²) in [5.74, 6) is -0.123. The van der Waals surface area contributed by atoms with E-state index in [9.17, 15) is 14.7 Å². The van der Waals surface area contributed by atoms with E-state index in [0.29, 0.717) is 31.5 Å². The average Bonchev–Trinajstić information content (AvgIpc) is 3.14. The summed E-state index contributed by atoms with van der Waals surface area (Å²) in [4.78, 5) is 42.7. The Labute approximate surface area is 198 Å². The van der Waals surface area contributed by atoms with Gasteiger partial charge in [-0.15, -0.1) is 0 Å². The first kappa shape index (κ1) is 24.1. The van der Waals surface area contributed by atoms with Gasteiger partial charge in [-0.2, -0.15) is 0 Å². The van der Waals surface area contributed by atoms with Crippen molar-refractivity contribution >= 4 is 29.1 Å². The van der Waals surface area contributed by atoms with Gasteiger partial charge in [-0.05, 0) is 31.1 Å². The van der Waals surface area contributed by atoms with E-state index in [4.69, 9.17) is 14.6 Å². The monoisotopic (exact) mass is 469 g/mol. The molecular weight excluding hydrogens is 438 g/mol. The van der Waals surface area contributed by atoms with Gasteiger partial charge in [-0.25, -0.2) is 0 Å². The molecule has 0 aliphatic carbocycles. The molecule has 3 aliphatic heterocycles. The summed E-state index contributed by atoms with van der Waals surface area (Å²) in [6, 6.07) is 7.79. The van der Waals surface area contributed by atoms with E-state index in [2.05, 4.69) is 9.88 Å². The molecule has 2 aromatic rings. The summed E-state index contributed by atoms with van der Waals surface area (Å²) in [6.45, 7) is 3.30. The van der Waals surface area contributed by atoms with Crippen molar-refractivity contribution in [3.05, 3.63) is 42.2 Å². The Bertz CT molecular complexity index is 1020. The number of ether oxygens (including phenoxy) is 1. The zero-order chi connectivity index (χ0) is 24.1.